The third-order valence-electron chi connectivity index (χ3n) is 2.61. The molecule has 100 valence electrons. The summed E-state index contributed by atoms with van der Waals surface area (Å²) in [5.74, 6) is -0.643. The molecule has 0 aromatic heterocycles. The molecule has 0 bridgehead atoms. The minimum atomic E-state index is -0.593. The predicted molar refractivity (Wildman–Crippen MR) is 69.8 cm³/mol. The van der Waals surface area contributed by atoms with E-state index in [1.165, 1.54) is 19.2 Å². The van der Waals surface area contributed by atoms with E-state index in [1.807, 2.05) is 6.92 Å². The van der Waals surface area contributed by atoms with Crippen LogP contribution in [0.5, 0.6) is 5.75 Å². The number of benzene rings is 1. The van der Waals surface area contributed by atoms with E-state index in [2.05, 4.69) is 5.32 Å². The first-order valence-electron chi connectivity index (χ1n) is 5.84. The van der Waals surface area contributed by atoms with E-state index >= 15 is 0 Å². The van der Waals surface area contributed by atoms with E-state index in [-0.39, 0.29) is 10.9 Å². The lowest BCUT2D eigenvalue weighted by Gasteiger charge is -2.09. The minimum absolute atomic E-state index is 0.0124. The van der Waals surface area contributed by atoms with E-state index in [1.54, 1.807) is 6.07 Å². The molecular formula is C13H17ClFNO2. The average molecular weight is 274 g/mol. The molecule has 0 fully saturated rings. The molecule has 1 unspecified atom stereocenters. The summed E-state index contributed by atoms with van der Waals surface area (Å²) in [6, 6.07) is 4.14. The molecule has 0 aliphatic heterocycles. The molecule has 0 aliphatic rings. The lowest BCUT2D eigenvalue weighted by atomic mass is 10.2. The highest BCUT2D eigenvalue weighted by Gasteiger charge is 2.12. The Labute approximate surface area is 111 Å². The van der Waals surface area contributed by atoms with Crippen molar-refractivity contribution in [3.05, 3.63) is 29.6 Å². The first-order chi connectivity index (χ1) is 8.58. The van der Waals surface area contributed by atoms with Crippen LogP contribution in [-0.2, 0) is 0 Å². The second-order valence-corrected chi connectivity index (χ2v) is 4.51. The van der Waals surface area contributed by atoms with Crippen LogP contribution in [0.3, 0.4) is 0 Å². The maximum atomic E-state index is 13.6. The van der Waals surface area contributed by atoms with Crippen molar-refractivity contribution in [2.24, 2.45) is 0 Å². The van der Waals surface area contributed by atoms with E-state index in [9.17, 15) is 9.18 Å². The molecule has 1 N–H and O–H groups in total. The van der Waals surface area contributed by atoms with Gasteiger partial charge in [0.05, 0.1) is 12.7 Å². The van der Waals surface area contributed by atoms with Crippen molar-refractivity contribution in [3.63, 3.8) is 0 Å². The van der Waals surface area contributed by atoms with Gasteiger partial charge >= 0.3 is 0 Å². The lowest BCUT2D eigenvalue weighted by Crippen LogP contribution is -2.26. The van der Waals surface area contributed by atoms with Gasteiger partial charge in [-0.15, -0.1) is 11.6 Å². The van der Waals surface area contributed by atoms with Crippen molar-refractivity contribution in [2.75, 3.05) is 13.7 Å². The van der Waals surface area contributed by atoms with Crippen LogP contribution < -0.4 is 10.1 Å². The third kappa shape index (κ3) is 4.18. The molecule has 0 saturated carbocycles. The highest BCUT2D eigenvalue weighted by Crippen LogP contribution is 2.16. The number of rotatable bonds is 6. The molecule has 1 amide bonds. The molecule has 0 spiro atoms. The van der Waals surface area contributed by atoms with Crippen LogP contribution in [0.4, 0.5) is 4.39 Å². The number of alkyl halides is 1. The van der Waals surface area contributed by atoms with Crippen molar-refractivity contribution in [1.29, 1.82) is 0 Å². The molecular weight excluding hydrogens is 257 g/mol. The summed E-state index contributed by atoms with van der Waals surface area (Å²) in [4.78, 5) is 11.7. The molecule has 1 rings (SSSR count). The number of ether oxygens (including phenoxy) is 1. The molecule has 1 atom stereocenters. The number of amides is 1. The van der Waals surface area contributed by atoms with Gasteiger partial charge in [0, 0.05) is 18.0 Å². The first-order valence-corrected chi connectivity index (χ1v) is 6.28. The van der Waals surface area contributed by atoms with Crippen LogP contribution in [0.1, 0.15) is 30.1 Å². The fraction of sp³-hybridized carbons (Fsp3) is 0.462. The number of hydrogen-bond acceptors (Lipinski definition) is 2. The van der Waals surface area contributed by atoms with Crippen LogP contribution >= 0.6 is 11.6 Å². The average Bonchev–Trinajstić information content (AvgIpc) is 2.37. The van der Waals surface area contributed by atoms with Crippen molar-refractivity contribution >= 4 is 17.5 Å². The van der Waals surface area contributed by atoms with Gasteiger partial charge in [0.2, 0.25) is 0 Å². The van der Waals surface area contributed by atoms with Crippen molar-refractivity contribution in [1.82, 2.24) is 5.32 Å². The van der Waals surface area contributed by atoms with Gasteiger partial charge < -0.3 is 10.1 Å². The van der Waals surface area contributed by atoms with Gasteiger partial charge in [0.15, 0.2) is 0 Å². The molecule has 0 saturated heterocycles. The standard InChI is InChI=1S/C13H17ClFNO2/c1-3-9(14)6-7-16-13(17)11-5-4-10(18-2)8-12(11)15/h4-5,8-9H,3,6-7H2,1-2H3,(H,16,17). The van der Waals surface area contributed by atoms with Gasteiger partial charge in [-0.2, -0.15) is 0 Å². The normalized spacial score (nSPS) is 12.0. The third-order valence-corrected chi connectivity index (χ3v) is 3.13. The second-order valence-electron chi connectivity index (χ2n) is 3.90. The molecule has 3 nitrogen and oxygen atoms in total. The fourth-order valence-electron chi connectivity index (χ4n) is 1.45. The van der Waals surface area contributed by atoms with Crippen molar-refractivity contribution in [2.45, 2.75) is 25.1 Å². The largest absolute Gasteiger partial charge is 0.497 e. The summed E-state index contributed by atoms with van der Waals surface area (Å²) >= 11 is 5.92. The zero-order chi connectivity index (χ0) is 13.5. The molecule has 0 heterocycles. The van der Waals surface area contributed by atoms with Gasteiger partial charge in [-0.1, -0.05) is 6.92 Å². The monoisotopic (exact) mass is 273 g/mol. The summed E-state index contributed by atoms with van der Waals surface area (Å²) in [6.45, 7) is 2.41. The van der Waals surface area contributed by atoms with Crippen LogP contribution in [0, 0.1) is 5.82 Å². The molecule has 18 heavy (non-hydrogen) atoms. The Balaban J connectivity index is 2.56. The Hall–Kier alpha value is -1.29. The Morgan fingerprint density at radius 2 is 2.28 bits per heavy atom. The number of hydrogen-bond donors (Lipinski definition) is 1. The Bertz CT molecular complexity index is 412. The van der Waals surface area contributed by atoms with Crippen LogP contribution in [0.15, 0.2) is 18.2 Å². The van der Waals surface area contributed by atoms with Gasteiger partial charge in [-0.05, 0) is 25.0 Å². The summed E-state index contributed by atoms with van der Waals surface area (Å²) in [6.07, 6.45) is 1.51. The summed E-state index contributed by atoms with van der Waals surface area (Å²) < 4.78 is 18.4. The number of halogens is 2. The van der Waals surface area contributed by atoms with Gasteiger partial charge in [-0.3, -0.25) is 4.79 Å². The Kier molecular flexibility index (Phi) is 5.92. The molecule has 1 aromatic rings. The number of methoxy groups -OCH3 is 1. The molecule has 5 heteroatoms. The van der Waals surface area contributed by atoms with Crippen LogP contribution in [0.25, 0.3) is 0 Å². The zero-order valence-corrected chi connectivity index (χ0v) is 11.3. The Morgan fingerprint density at radius 1 is 1.56 bits per heavy atom. The Morgan fingerprint density at radius 3 is 2.83 bits per heavy atom. The van der Waals surface area contributed by atoms with E-state index < -0.39 is 11.7 Å². The van der Waals surface area contributed by atoms with Crippen LogP contribution in [-0.4, -0.2) is 24.9 Å². The SMILES string of the molecule is CCC(Cl)CCNC(=O)c1ccc(OC)cc1F. The smallest absolute Gasteiger partial charge is 0.254 e. The lowest BCUT2D eigenvalue weighted by molar-refractivity contribution is 0.0949. The summed E-state index contributed by atoms with van der Waals surface area (Å²) in [7, 11) is 1.44. The number of carbonyl (C=O) groups excluding carboxylic acids is 1. The van der Waals surface area contributed by atoms with Crippen molar-refractivity contribution in [3.8, 4) is 5.75 Å². The molecule has 1 aromatic carbocycles. The maximum absolute atomic E-state index is 13.6. The summed E-state index contributed by atoms with van der Waals surface area (Å²) in [5, 5.41) is 2.67. The fourth-order valence-corrected chi connectivity index (χ4v) is 1.56. The zero-order valence-electron chi connectivity index (χ0n) is 10.5. The maximum Gasteiger partial charge on any atom is 0.254 e. The highest BCUT2D eigenvalue weighted by molar-refractivity contribution is 6.20. The van der Waals surface area contributed by atoms with Crippen LogP contribution in [0.2, 0.25) is 0 Å². The van der Waals surface area contributed by atoms with Gasteiger partial charge in [0.25, 0.3) is 5.91 Å². The molecule has 0 aliphatic carbocycles. The number of carbonyl (C=O) groups is 1. The predicted octanol–water partition coefficient (Wildman–Crippen LogP) is 2.97. The van der Waals surface area contributed by atoms with Crippen molar-refractivity contribution < 1.29 is 13.9 Å². The quantitative estimate of drug-likeness (QED) is 0.809. The first kappa shape index (κ1) is 14.8. The highest BCUT2D eigenvalue weighted by atomic mass is 35.5. The second kappa shape index (κ2) is 7.21. The van der Waals surface area contributed by atoms with E-state index in [4.69, 9.17) is 16.3 Å². The van der Waals surface area contributed by atoms with Gasteiger partial charge in [0.1, 0.15) is 11.6 Å². The number of nitrogens with one attached hydrogen (secondary N) is 1. The minimum Gasteiger partial charge on any atom is -0.497 e. The molecule has 0 radical (unpaired) electrons. The van der Waals surface area contributed by atoms with E-state index in [0.29, 0.717) is 18.7 Å². The van der Waals surface area contributed by atoms with E-state index in [0.717, 1.165) is 6.42 Å². The topological polar surface area (TPSA) is 38.3 Å². The van der Waals surface area contributed by atoms with Gasteiger partial charge in [-0.25, -0.2) is 4.39 Å². The summed E-state index contributed by atoms with van der Waals surface area (Å²) in [5.41, 5.74) is 0.0124.